The third kappa shape index (κ3) is 3.05. The highest BCUT2D eigenvalue weighted by Gasteiger charge is 2.17. The van der Waals surface area contributed by atoms with E-state index in [4.69, 9.17) is 5.73 Å². The summed E-state index contributed by atoms with van der Waals surface area (Å²) in [5, 5.41) is 1.59. The molecule has 1 aromatic heterocycles. The first kappa shape index (κ1) is 13.9. The van der Waals surface area contributed by atoms with E-state index in [9.17, 15) is 8.42 Å². The topological polar surface area (TPSA) is 72.2 Å². The molecule has 0 aliphatic carbocycles. The number of hydrogen-bond acceptors (Lipinski definition) is 4. The Morgan fingerprint density at radius 1 is 1.22 bits per heavy atom. The summed E-state index contributed by atoms with van der Waals surface area (Å²) in [4.78, 5) is 0. The van der Waals surface area contributed by atoms with Crippen molar-refractivity contribution in [2.45, 2.75) is 4.21 Å². The number of hydrogen-bond donors (Lipinski definition) is 2. The van der Waals surface area contributed by atoms with Crippen molar-refractivity contribution in [1.29, 1.82) is 0 Å². The fraction of sp³-hybridized carbons (Fsp3) is 0. The van der Waals surface area contributed by atoms with Crippen LogP contribution in [0.15, 0.2) is 42.8 Å². The average molecular weight is 412 g/mol. The molecule has 8 heteroatoms. The van der Waals surface area contributed by atoms with E-state index in [0.29, 0.717) is 15.8 Å². The van der Waals surface area contributed by atoms with E-state index in [0.717, 1.165) is 15.8 Å². The highest BCUT2D eigenvalue weighted by atomic mass is 79.9. The van der Waals surface area contributed by atoms with Crippen LogP contribution in [-0.2, 0) is 10.0 Å². The second-order valence-corrected chi connectivity index (χ2v) is 8.02. The lowest BCUT2D eigenvalue weighted by Crippen LogP contribution is -2.11. The van der Waals surface area contributed by atoms with Crippen LogP contribution in [0.5, 0.6) is 0 Å². The van der Waals surface area contributed by atoms with Gasteiger partial charge >= 0.3 is 0 Å². The van der Waals surface area contributed by atoms with Crippen LogP contribution in [0.2, 0.25) is 0 Å². The number of anilines is 2. The molecule has 0 radical (unpaired) electrons. The van der Waals surface area contributed by atoms with Gasteiger partial charge in [0.05, 0.1) is 5.69 Å². The van der Waals surface area contributed by atoms with E-state index in [1.807, 2.05) is 0 Å². The zero-order valence-electron chi connectivity index (χ0n) is 8.85. The van der Waals surface area contributed by atoms with E-state index < -0.39 is 10.0 Å². The van der Waals surface area contributed by atoms with Crippen LogP contribution >= 0.6 is 43.2 Å². The minimum absolute atomic E-state index is 0.190. The van der Waals surface area contributed by atoms with E-state index in [2.05, 4.69) is 36.6 Å². The Morgan fingerprint density at radius 3 is 2.50 bits per heavy atom. The zero-order chi connectivity index (χ0) is 13.3. The van der Waals surface area contributed by atoms with E-state index in [1.165, 1.54) is 6.07 Å². The standard InChI is InChI=1S/C10H8Br2N2O2S2/c11-6-1-2-9(8(12)3-6)14-18(15,16)10-4-7(13)5-17-10/h1-5,14H,13H2. The van der Waals surface area contributed by atoms with Crippen LogP contribution in [0.3, 0.4) is 0 Å². The molecule has 0 spiro atoms. The number of rotatable bonds is 3. The van der Waals surface area contributed by atoms with Crippen LogP contribution in [0.1, 0.15) is 0 Å². The van der Waals surface area contributed by atoms with Crippen molar-refractivity contribution in [2.75, 3.05) is 10.5 Å². The maximum atomic E-state index is 12.1. The molecule has 0 atom stereocenters. The summed E-state index contributed by atoms with van der Waals surface area (Å²) in [5.41, 5.74) is 6.44. The maximum absolute atomic E-state index is 12.1. The average Bonchev–Trinajstić information content (AvgIpc) is 2.70. The second-order valence-electron chi connectivity index (χ2n) is 3.43. The van der Waals surface area contributed by atoms with Crippen molar-refractivity contribution in [3.05, 3.63) is 38.6 Å². The van der Waals surface area contributed by atoms with Gasteiger partial charge in [-0.05, 0) is 40.2 Å². The third-order valence-electron chi connectivity index (χ3n) is 2.04. The molecule has 0 fully saturated rings. The number of nitrogens with one attached hydrogen (secondary N) is 1. The molecule has 0 amide bonds. The zero-order valence-corrected chi connectivity index (χ0v) is 13.7. The highest BCUT2D eigenvalue weighted by Crippen LogP contribution is 2.30. The van der Waals surface area contributed by atoms with Crippen molar-refractivity contribution in [2.24, 2.45) is 0 Å². The smallest absolute Gasteiger partial charge is 0.271 e. The Kier molecular flexibility index (Phi) is 4.00. The Labute approximate surface area is 126 Å². The molecule has 1 heterocycles. The van der Waals surface area contributed by atoms with Gasteiger partial charge < -0.3 is 5.73 Å². The normalized spacial score (nSPS) is 11.4. The Bertz CT molecular complexity index is 683. The SMILES string of the molecule is Nc1csc(S(=O)(=O)Nc2ccc(Br)cc2Br)c1. The fourth-order valence-electron chi connectivity index (χ4n) is 1.24. The molecule has 0 bridgehead atoms. The molecular formula is C10H8Br2N2O2S2. The van der Waals surface area contributed by atoms with Crippen molar-refractivity contribution in [3.8, 4) is 0 Å². The van der Waals surface area contributed by atoms with Gasteiger partial charge in [-0.25, -0.2) is 8.42 Å². The Hall–Kier alpha value is -0.570. The van der Waals surface area contributed by atoms with E-state index in [-0.39, 0.29) is 4.21 Å². The first-order valence-corrected chi connectivity index (χ1v) is 8.65. The number of sulfonamides is 1. The molecule has 18 heavy (non-hydrogen) atoms. The number of thiophene rings is 1. The van der Waals surface area contributed by atoms with Crippen LogP contribution in [0, 0.1) is 0 Å². The van der Waals surface area contributed by atoms with Gasteiger partial charge in [-0.15, -0.1) is 11.3 Å². The van der Waals surface area contributed by atoms with Gasteiger partial charge in [0, 0.05) is 20.0 Å². The molecule has 3 N–H and O–H groups in total. The molecule has 0 saturated heterocycles. The summed E-state index contributed by atoms with van der Waals surface area (Å²) in [5.74, 6) is 0. The maximum Gasteiger partial charge on any atom is 0.271 e. The lowest BCUT2D eigenvalue weighted by Gasteiger charge is -2.08. The third-order valence-corrected chi connectivity index (χ3v) is 6.01. The molecule has 0 aliphatic heterocycles. The van der Waals surface area contributed by atoms with E-state index in [1.54, 1.807) is 23.6 Å². The summed E-state index contributed by atoms with van der Waals surface area (Å²) in [6.07, 6.45) is 0. The van der Waals surface area contributed by atoms with E-state index >= 15 is 0 Å². The van der Waals surface area contributed by atoms with Crippen LogP contribution in [-0.4, -0.2) is 8.42 Å². The summed E-state index contributed by atoms with van der Waals surface area (Å²) in [6.45, 7) is 0. The summed E-state index contributed by atoms with van der Waals surface area (Å²) < 4.78 is 28.3. The van der Waals surface area contributed by atoms with Crippen LogP contribution in [0.4, 0.5) is 11.4 Å². The number of benzene rings is 1. The highest BCUT2D eigenvalue weighted by molar-refractivity contribution is 9.11. The summed E-state index contributed by atoms with van der Waals surface area (Å²) in [6, 6.07) is 6.62. The first-order valence-electron chi connectivity index (χ1n) is 4.70. The lowest BCUT2D eigenvalue weighted by molar-refractivity contribution is 0.603. The van der Waals surface area contributed by atoms with Gasteiger partial charge in [-0.3, -0.25) is 4.72 Å². The minimum Gasteiger partial charge on any atom is -0.398 e. The van der Waals surface area contributed by atoms with Crippen molar-refractivity contribution in [3.63, 3.8) is 0 Å². The van der Waals surface area contributed by atoms with Gasteiger partial charge in [0.25, 0.3) is 10.0 Å². The van der Waals surface area contributed by atoms with Crippen molar-refractivity contribution in [1.82, 2.24) is 0 Å². The fourth-order valence-corrected chi connectivity index (χ4v) is 4.68. The molecule has 0 unspecified atom stereocenters. The van der Waals surface area contributed by atoms with Crippen molar-refractivity contribution >= 4 is 64.6 Å². The molecule has 96 valence electrons. The molecule has 0 saturated carbocycles. The number of nitrogens with two attached hydrogens (primary N) is 1. The minimum atomic E-state index is -3.58. The quantitative estimate of drug-likeness (QED) is 0.809. The molecule has 2 rings (SSSR count). The molecule has 2 aromatic rings. The Balaban J connectivity index is 2.33. The van der Waals surface area contributed by atoms with Crippen molar-refractivity contribution < 1.29 is 8.42 Å². The molecule has 4 nitrogen and oxygen atoms in total. The summed E-state index contributed by atoms with van der Waals surface area (Å²) >= 11 is 7.69. The van der Waals surface area contributed by atoms with Gasteiger partial charge in [0.15, 0.2) is 0 Å². The predicted octanol–water partition coefficient (Wildman–Crippen LogP) is 3.66. The second kappa shape index (κ2) is 5.20. The van der Waals surface area contributed by atoms with Gasteiger partial charge in [-0.1, -0.05) is 15.9 Å². The van der Waals surface area contributed by atoms with Crippen LogP contribution < -0.4 is 10.5 Å². The number of nitrogen functional groups attached to an aromatic ring is 1. The van der Waals surface area contributed by atoms with Gasteiger partial charge in [0.1, 0.15) is 4.21 Å². The molecule has 1 aromatic carbocycles. The van der Waals surface area contributed by atoms with Crippen LogP contribution in [0.25, 0.3) is 0 Å². The first-order chi connectivity index (χ1) is 8.38. The predicted molar refractivity (Wildman–Crippen MR) is 81.4 cm³/mol. The van der Waals surface area contributed by atoms with Gasteiger partial charge in [0.2, 0.25) is 0 Å². The number of halogens is 2. The van der Waals surface area contributed by atoms with Gasteiger partial charge in [-0.2, -0.15) is 0 Å². The lowest BCUT2D eigenvalue weighted by atomic mass is 10.3. The molecular weight excluding hydrogens is 404 g/mol. The largest absolute Gasteiger partial charge is 0.398 e. The summed E-state index contributed by atoms with van der Waals surface area (Å²) in [7, 11) is -3.58. The molecule has 0 aliphatic rings. The Morgan fingerprint density at radius 2 is 1.94 bits per heavy atom. The monoisotopic (exact) mass is 410 g/mol.